The maximum Gasteiger partial charge on any atom is 0.263 e. The normalized spacial score (nSPS) is 11.0. The van der Waals surface area contributed by atoms with Gasteiger partial charge in [0.2, 0.25) is 0 Å². The number of rotatable bonds is 3. The van der Waals surface area contributed by atoms with Crippen molar-refractivity contribution < 1.29 is 22.7 Å². The molecule has 0 aliphatic heterocycles. The number of aliphatic hydroxyl groups is 1. The number of hydrogen-bond donors (Lipinski definition) is 1. The first-order valence-corrected chi connectivity index (χ1v) is 3.93. The molecule has 0 fully saturated rings. The summed E-state index contributed by atoms with van der Waals surface area (Å²) in [6.07, 6.45) is -3.02. The number of aliphatic hydroxyl groups excluding tert-OH is 1. The van der Waals surface area contributed by atoms with Crippen molar-refractivity contribution in [3.05, 3.63) is 34.9 Å². The molecule has 0 atom stereocenters. The van der Waals surface area contributed by atoms with Crippen LogP contribution in [0.2, 0.25) is 0 Å². The van der Waals surface area contributed by atoms with E-state index in [1.807, 2.05) is 0 Å². The molecule has 1 N–H and O–H groups in total. The molecule has 0 radical (unpaired) electrons. The second kappa shape index (κ2) is 4.41. The maximum atomic E-state index is 12.9. The third-order valence-electron chi connectivity index (χ3n) is 1.76. The van der Waals surface area contributed by atoms with Crippen LogP contribution in [0.1, 0.15) is 17.6 Å². The quantitative estimate of drug-likeness (QED) is 0.756. The molecule has 0 saturated carbocycles. The Morgan fingerprint density at radius 2 is 1.86 bits per heavy atom. The van der Waals surface area contributed by atoms with Crippen molar-refractivity contribution >= 4 is 0 Å². The zero-order valence-corrected chi connectivity index (χ0v) is 7.11. The molecule has 0 bridgehead atoms. The van der Waals surface area contributed by atoms with Crippen molar-refractivity contribution in [2.45, 2.75) is 12.8 Å². The van der Waals surface area contributed by atoms with Crippen molar-refractivity contribution in [2.24, 2.45) is 0 Å². The summed E-state index contributed by atoms with van der Waals surface area (Å²) in [7, 11) is 0. The van der Waals surface area contributed by atoms with Crippen LogP contribution in [0.25, 0.3) is 0 Å². The molecule has 1 aromatic carbocycles. The lowest BCUT2D eigenvalue weighted by molar-refractivity contribution is 0.150. The van der Waals surface area contributed by atoms with Gasteiger partial charge in [0.15, 0.2) is 11.6 Å². The highest BCUT2D eigenvalue weighted by atomic mass is 19.3. The molecule has 1 nitrogen and oxygen atoms in total. The Morgan fingerprint density at radius 3 is 2.36 bits per heavy atom. The van der Waals surface area contributed by atoms with E-state index >= 15 is 0 Å². The van der Waals surface area contributed by atoms with Crippen molar-refractivity contribution in [1.29, 1.82) is 0 Å². The molecule has 0 aliphatic rings. The minimum Gasteiger partial charge on any atom is -0.396 e. The van der Waals surface area contributed by atoms with Gasteiger partial charge in [-0.3, -0.25) is 0 Å². The van der Waals surface area contributed by atoms with Crippen molar-refractivity contribution in [2.75, 3.05) is 6.61 Å². The zero-order chi connectivity index (χ0) is 10.7. The largest absolute Gasteiger partial charge is 0.396 e. The van der Waals surface area contributed by atoms with Gasteiger partial charge in [0, 0.05) is 12.2 Å². The van der Waals surface area contributed by atoms with Crippen LogP contribution in [0.3, 0.4) is 0 Å². The Labute approximate surface area is 78.0 Å². The van der Waals surface area contributed by atoms with E-state index in [2.05, 4.69) is 0 Å². The topological polar surface area (TPSA) is 20.2 Å². The summed E-state index contributed by atoms with van der Waals surface area (Å²) < 4.78 is 49.9. The number of hydrogen-bond acceptors (Lipinski definition) is 1. The van der Waals surface area contributed by atoms with Crippen molar-refractivity contribution in [3.63, 3.8) is 0 Å². The molecule has 0 heterocycles. The predicted octanol–water partition coefficient (Wildman–Crippen LogP) is 2.44. The van der Waals surface area contributed by atoms with Gasteiger partial charge < -0.3 is 5.11 Å². The van der Waals surface area contributed by atoms with Crippen molar-refractivity contribution in [3.8, 4) is 0 Å². The highest BCUT2D eigenvalue weighted by molar-refractivity contribution is 5.27. The first-order valence-electron chi connectivity index (χ1n) is 3.93. The molecule has 14 heavy (non-hydrogen) atoms. The summed E-state index contributed by atoms with van der Waals surface area (Å²) in [6.45, 7) is -0.414. The third-order valence-corrected chi connectivity index (χ3v) is 1.76. The first-order chi connectivity index (χ1) is 6.56. The van der Waals surface area contributed by atoms with Crippen LogP contribution in [0.15, 0.2) is 12.1 Å². The molecule has 0 unspecified atom stereocenters. The Kier molecular flexibility index (Phi) is 3.46. The van der Waals surface area contributed by atoms with Crippen LogP contribution in [-0.4, -0.2) is 11.7 Å². The molecule has 0 saturated heterocycles. The van der Waals surface area contributed by atoms with E-state index in [1.165, 1.54) is 0 Å². The lowest BCUT2D eigenvalue weighted by Crippen LogP contribution is -2.00. The molecule has 0 aromatic heterocycles. The fourth-order valence-corrected chi connectivity index (χ4v) is 1.10. The first kappa shape index (κ1) is 11.0. The number of halogens is 4. The molecule has 1 rings (SSSR count). The van der Waals surface area contributed by atoms with E-state index in [9.17, 15) is 17.6 Å². The summed E-state index contributed by atoms with van der Waals surface area (Å²) in [4.78, 5) is 0. The van der Waals surface area contributed by atoms with E-state index in [4.69, 9.17) is 5.11 Å². The van der Waals surface area contributed by atoms with Crippen molar-refractivity contribution in [1.82, 2.24) is 0 Å². The van der Waals surface area contributed by atoms with Gasteiger partial charge in [-0.1, -0.05) is 0 Å². The van der Waals surface area contributed by atoms with Crippen LogP contribution < -0.4 is 0 Å². The average molecular weight is 208 g/mol. The minimum absolute atomic E-state index is 0.177. The standard InChI is InChI=1S/C9H8F4O/c10-7-4-6(9(12)13)3-5(1-2-14)8(7)11/h3-4,9,14H,1-2H2. The summed E-state index contributed by atoms with van der Waals surface area (Å²) in [5.41, 5.74) is -0.810. The summed E-state index contributed by atoms with van der Waals surface area (Å²) >= 11 is 0. The Balaban J connectivity index is 3.14. The van der Waals surface area contributed by atoms with Gasteiger partial charge in [0.05, 0.1) is 0 Å². The van der Waals surface area contributed by atoms with Crippen LogP contribution in [0, 0.1) is 11.6 Å². The van der Waals surface area contributed by atoms with E-state index in [0.29, 0.717) is 6.07 Å². The van der Waals surface area contributed by atoms with Gasteiger partial charge in [-0.2, -0.15) is 0 Å². The summed E-state index contributed by atoms with van der Waals surface area (Å²) in [6, 6.07) is 1.32. The van der Waals surface area contributed by atoms with E-state index in [1.54, 1.807) is 0 Å². The monoisotopic (exact) mass is 208 g/mol. The van der Waals surface area contributed by atoms with Gasteiger partial charge in [0.1, 0.15) is 0 Å². The molecule has 0 aliphatic carbocycles. The Morgan fingerprint density at radius 1 is 1.21 bits per heavy atom. The summed E-state index contributed by atoms with van der Waals surface area (Å²) in [5, 5.41) is 8.49. The van der Waals surface area contributed by atoms with Crippen LogP contribution in [0.4, 0.5) is 17.6 Å². The van der Waals surface area contributed by atoms with Gasteiger partial charge in [-0.15, -0.1) is 0 Å². The van der Waals surface area contributed by atoms with Gasteiger partial charge >= 0.3 is 0 Å². The molecule has 5 heteroatoms. The Hall–Kier alpha value is -1.10. The second-order valence-electron chi connectivity index (χ2n) is 2.75. The molecular formula is C9H8F4O. The summed E-state index contributed by atoms with van der Waals surface area (Å²) in [5.74, 6) is -2.49. The molecule has 0 amide bonds. The number of benzene rings is 1. The van der Waals surface area contributed by atoms with Gasteiger partial charge in [0.25, 0.3) is 6.43 Å². The van der Waals surface area contributed by atoms with Gasteiger partial charge in [-0.25, -0.2) is 17.6 Å². The van der Waals surface area contributed by atoms with Crippen LogP contribution in [0.5, 0.6) is 0 Å². The molecule has 0 spiro atoms. The second-order valence-corrected chi connectivity index (χ2v) is 2.75. The minimum atomic E-state index is -2.84. The zero-order valence-electron chi connectivity index (χ0n) is 7.11. The van der Waals surface area contributed by atoms with E-state index in [0.717, 1.165) is 6.07 Å². The van der Waals surface area contributed by atoms with Gasteiger partial charge in [-0.05, 0) is 24.1 Å². The van der Waals surface area contributed by atoms with Crippen LogP contribution >= 0.6 is 0 Å². The Bertz CT molecular complexity index is 325. The highest BCUT2D eigenvalue weighted by Gasteiger charge is 2.15. The third kappa shape index (κ3) is 2.23. The lowest BCUT2D eigenvalue weighted by Gasteiger charge is -2.06. The average Bonchev–Trinajstić information content (AvgIpc) is 2.12. The highest BCUT2D eigenvalue weighted by Crippen LogP contribution is 2.23. The predicted molar refractivity (Wildman–Crippen MR) is 42.1 cm³/mol. The molecule has 1 aromatic rings. The SMILES string of the molecule is OCCc1cc(C(F)F)cc(F)c1F. The van der Waals surface area contributed by atoms with E-state index in [-0.39, 0.29) is 12.0 Å². The molecular weight excluding hydrogens is 200 g/mol. The smallest absolute Gasteiger partial charge is 0.263 e. The fraction of sp³-hybridized carbons (Fsp3) is 0.333. The fourth-order valence-electron chi connectivity index (χ4n) is 1.10. The number of alkyl halides is 2. The lowest BCUT2D eigenvalue weighted by atomic mass is 10.1. The molecule has 78 valence electrons. The van der Waals surface area contributed by atoms with E-state index < -0.39 is 30.2 Å². The maximum absolute atomic E-state index is 12.9. The van der Waals surface area contributed by atoms with Crippen LogP contribution in [-0.2, 0) is 6.42 Å².